The van der Waals surface area contributed by atoms with E-state index in [0.29, 0.717) is 24.7 Å². The van der Waals surface area contributed by atoms with Crippen molar-refractivity contribution in [3.63, 3.8) is 0 Å². The third-order valence-electron chi connectivity index (χ3n) is 6.60. The van der Waals surface area contributed by atoms with E-state index in [1.807, 2.05) is 7.05 Å². The first-order valence-corrected chi connectivity index (χ1v) is 12.4. The number of piperidine rings is 2. The summed E-state index contributed by atoms with van der Waals surface area (Å²) in [6.45, 7) is 3.91. The average Bonchev–Trinajstić information content (AvgIpc) is 2.67. The molecule has 1 aromatic carbocycles. The minimum atomic E-state index is -3.19. The van der Waals surface area contributed by atoms with E-state index in [1.165, 1.54) is 22.7 Å². The fourth-order valence-corrected chi connectivity index (χ4v) is 5.71. The van der Waals surface area contributed by atoms with Crippen molar-refractivity contribution in [2.45, 2.75) is 44.1 Å². The summed E-state index contributed by atoms with van der Waals surface area (Å²) in [5.41, 5.74) is 0.699. The molecule has 164 valence electrons. The second-order valence-electron chi connectivity index (χ2n) is 8.50. The molecule has 1 aromatic rings. The van der Waals surface area contributed by atoms with Gasteiger partial charge in [0, 0.05) is 25.2 Å². The molecule has 2 saturated heterocycles. The molecule has 2 fully saturated rings. The van der Waals surface area contributed by atoms with Crippen LogP contribution in [0.2, 0.25) is 0 Å². The second-order valence-corrected chi connectivity index (χ2v) is 10.5. The van der Waals surface area contributed by atoms with Crippen LogP contribution in [-0.2, 0) is 10.0 Å². The summed E-state index contributed by atoms with van der Waals surface area (Å²) >= 11 is 0. The van der Waals surface area contributed by atoms with E-state index >= 15 is 0 Å². The van der Waals surface area contributed by atoms with Crippen LogP contribution >= 0.6 is 0 Å². The molecule has 3 rings (SSSR count). The molecule has 2 heterocycles. The number of sulfonamides is 1. The van der Waals surface area contributed by atoms with Gasteiger partial charge in [0.1, 0.15) is 11.6 Å². The lowest BCUT2D eigenvalue weighted by atomic mass is 9.78. The van der Waals surface area contributed by atoms with Gasteiger partial charge in [0.25, 0.3) is 0 Å². The van der Waals surface area contributed by atoms with E-state index in [-0.39, 0.29) is 11.8 Å². The molecular formula is C21H33F2N3O2S. The number of nitrogens with one attached hydrogen (secondary N) is 1. The van der Waals surface area contributed by atoms with E-state index < -0.39 is 21.7 Å². The van der Waals surface area contributed by atoms with E-state index in [0.717, 1.165) is 57.8 Å². The molecule has 5 nitrogen and oxygen atoms in total. The third kappa shape index (κ3) is 6.20. The van der Waals surface area contributed by atoms with Crippen LogP contribution in [0.4, 0.5) is 8.78 Å². The van der Waals surface area contributed by atoms with E-state index in [1.54, 1.807) is 0 Å². The predicted octanol–water partition coefficient (Wildman–Crippen LogP) is 2.79. The molecule has 29 heavy (non-hydrogen) atoms. The maximum atomic E-state index is 13.9. The maximum absolute atomic E-state index is 13.9. The molecule has 0 bridgehead atoms. The summed E-state index contributed by atoms with van der Waals surface area (Å²) in [6, 6.07) is 4.38. The Morgan fingerprint density at radius 3 is 2.14 bits per heavy atom. The number of nitrogens with zero attached hydrogens (tertiary/aromatic N) is 2. The van der Waals surface area contributed by atoms with Crippen LogP contribution in [0.3, 0.4) is 0 Å². The van der Waals surface area contributed by atoms with Crippen molar-refractivity contribution in [1.29, 1.82) is 0 Å². The van der Waals surface area contributed by atoms with Gasteiger partial charge in [-0.1, -0.05) is 0 Å². The van der Waals surface area contributed by atoms with Gasteiger partial charge >= 0.3 is 0 Å². The first kappa shape index (κ1) is 22.6. The summed E-state index contributed by atoms with van der Waals surface area (Å²) < 4.78 is 53.0. The van der Waals surface area contributed by atoms with Gasteiger partial charge in [-0.05, 0) is 88.3 Å². The van der Waals surface area contributed by atoms with Crippen LogP contribution < -0.4 is 5.32 Å². The van der Waals surface area contributed by atoms with Crippen molar-refractivity contribution in [2.24, 2.45) is 5.92 Å². The van der Waals surface area contributed by atoms with Gasteiger partial charge in [-0.25, -0.2) is 21.5 Å². The van der Waals surface area contributed by atoms with Crippen molar-refractivity contribution in [1.82, 2.24) is 14.5 Å². The van der Waals surface area contributed by atoms with Crippen LogP contribution in [0.15, 0.2) is 18.2 Å². The van der Waals surface area contributed by atoms with Crippen LogP contribution in [0.1, 0.15) is 43.6 Å². The zero-order chi connectivity index (χ0) is 21.0. The van der Waals surface area contributed by atoms with Crippen LogP contribution in [0, 0.1) is 17.6 Å². The van der Waals surface area contributed by atoms with E-state index in [2.05, 4.69) is 10.2 Å². The Morgan fingerprint density at radius 1 is 1.03 bits per heavy atom. The summed E-state index contributed by atoms with van der Waals surface area (Å²) in [5.74, 6) is -0.838. The summed E-state index contributed by atoms with van der Waals surface area (Å²) in [7, 11) is -1.19. The van der Waals surface area contributed by atoms with Gasteiger partial charge in [0.2, 0.25) is 10.0 Å². The molecule has 1 N–H and O–H groups in total. The first-order valence-electron chi connectivity index (χ1n) is 10.6. The molecule has 1 atom stereocenters. The normalized spacial score (nSPS) is 22.1. The van der Waals surface area contributed by atoms with Crippen molar-refractivity contribution in [2.75, 3.05) is 46.0 Å². The van der Waals surface area contributed by atoms with Crippen LogP contribution in [0.25, 0.3) is 0 Å². The first-order chi connectivity index (χ1) is 13.8. The molecule has 1 unspecified atom stereocenters. The highest BCUT2D eigenvalue weighted by atomic mass is 32.2. The van der Waals surface area contributed by atoms with Crippen molar-refractivity contribution in [3.05, 3.63) is 35.4 Å². The summed E-state index contributed by atoms with van der Waals surface area (Å²) in [6.07, 6.45) is 5.73. The Hall–Kier alpha value is -1.09. The lowest BCUT2D eigenvalue weighted by molar-refractivity contribution is 0.178. The van der Waals surface area contributed by atoms with Gasteiger partial charge in [0.05, 0.1) is 6.26 Å². The smallest absolute Gasteiger partial charge is 0.211 e. The minimum absolute atomic E-state index is 0.0314. The Morgan fingerprint density at radius 2 is 1.62 bits per heavy atom. The largest absolute Gasteiger partial charge is 0.317 e. The Kier molecular flexibility index (Phi) is 7.64. The molecule has 0 aromatic heterocycles. The molecular weight excluding hydrogens is 396 g/mol. The van der Waals surface area contributed by atoms with Crippen LogP contribution in [0.5, 0.6) is 0 Å². The Balaban J connectivity index is 1.69. The SMILES string of the molecule is CNC1CCN(CCC(c2cc(F)cc(F)c2)C2CCN(S(C)(=O)=O)CC2)CC1. The molecule has 2 aliphatic heterocycles. The Bertz CT molecular complexity index is 754. The standard InChI is InChI=1S/C21H33F2N3O2S/c1-24-20-5-8-25(9-6-20)10-7-21(17-13-18(22)15-19(23)14-17)16-3-11-26(12-4-16)29(2,27)28/h13-16,20-21,24H,3-12H2,1-2H3. The van der Waals surface area contributed by atoms with Gasteiger partial charge in [-0.3, -0.25) is 0 Å². The highest BCUT2D eigenvalue weighted by Crippen LogP contribution is 2.36. The highest BCUT2D eigenvalue weighted by molar-refractivity contribution is 7.88. The number of hydrogen-bond donors (Lipinski definition) is 1. The van der Waals surface area contributed by atoms with Crippen molar-refractivity contribution < 1.29 is 17.2 Å². The second kappa shape index (κ2) is 9.81. The zero-order valence-electron chi connectivity index (χ0n) is 17.4. The van der Waals surface area contributed by atoms with Crippen LogP contribution in [-0.4, -0.2) is 69.7 Å². The highest BCUT2D eigenvalue weighted by Gasteiger charge is 2.31. The third-order valence-corrected chi connectivity index (χ3v) is 7.91. The topological polar surface area (TPSA) is 52.6 Å². The van der Waals surface area contributed by atoms with E-state index in [9.17, 15) is 17.2 Å². The number of rotatable bonds is 7. The van der Waals surface area contributed by atoms with E-state index in [4.69, 9.17) is 0 Å². The fraction of sp³-hybridized carbons (Fsp3) is 0.714. The summed E-state index contributed by atoms with van der Waals surface area (Å²) in [4.78, 5) is 2.43. The van der Waals surface area contributed by atoms with Gasteiger partial charge in [0.15, 0.2) is 0 Å². The number of hydrogen-bond acceptors (Lipinski definition) is 4. The van der Waals surface area contributed by atoms with Crippen molar-refractivity contribution in [3.8, 4) is 0 Å². The lowest BCUT2D eigenvalue weighted by Crippen LogP contribution is -2.42. The molecule has 0 radical (unpaired) electrons. The predicted molar refractivity (Wildman–Crippen MR) is 111 cm³/mol. The molecule has 8 heteroatoms. The average molecular weight is 430 g/mol. The number of benzene rings is 1. The van der Waals surface area contributed by atoms with Crippen molar-refractivity contribution >= 4 is 10.0 Å². The quantitative estimate of drug-likeness (QED) is 0.724. The summed E-state index contributed by atoms with van der Waals surface area (Å²) in [5, 5.41) is 3.33. The lowest BCUT2D eigenvalue weighted by Gasteiger charge is -2.37. The molecule has 0 saturated carbocycles. The molecule has 0 aliphatic carbocycles. The monoisotopic (exact) mass is 429 g/mol. The maximum Gasteiger partial charge on any atom is 0.211 e. The fourth-order valence-electron chi connectivity index (χ4n) is 4.84. The van der Waals surface area contributed by atoms with Gasteiger partial charge < -0.3 is 10.2 Å². The van der Waals surface area contributed by atoms with Gasteiger partial charge in [-0.2, -0.15) is 0 Å². The zero-order valence-corrected chi connectivity index (χ0v) is 18.2. The number of likely N-dealkylation sites (tertiary alicyclic amines) is 1. The van der Waals surface area contributed by atoms with Gasteiger partial charge in [-0.15, -0.1) is 0 Å². The molecule has 0 spiro atoms. The minimum Gasteiger partial charge on any atom is -0.317 e. The molecule has 0 amide bonds. The molecule has 2 aliphatic rings. The Labute approximate surface area is 173 Å². The number of halogens is 2.